The minimum Gasteiger partial charge on any atom is -0.382 e. The summed E-state index contributed by atoms with van der Waals surface area (Å²) in [5.74, 6) is 5.61. The number of hydrogen-bond acceptors (Lipinski definition) is 8. The number of nitrogen functional groups attached to an aromatic ring is 1. The molecule has 0 atom stereocenters. The molecule has 2 amide bonds. The molecule has 2 aromatic carbocycles. The number of nitrogens with two attached hydrogens (primary N) is 1. The van der Waals surface area contributed by atoms with E-state index in [9.17, 15) is 14.4 Å². The van der Waals surface area contributed by atoms with Gasteiger partial charge in [0.05, 0.1) is 17.9 Å². The molecule has 3 aromatic heterocycles. The first-order valence-corrected chi connectivity index (χ1v) is 15.0. The van der Waals surface area contributed by atoms with Gasteiger partial charge in [-0.2, -0.15) is 0 Å². The van der Waals surface area contributed by atoms with Gasteiger partial charge in [-0.25, -0.2) is 24.3 Å². The van der Waals surface area contributed by atoms with Crippen LogP contribution in [0.4, 0.5) is 17.3 Å². The Balaban J connectivity index is 1.30. The van der Waals surface area contributed by atoms with E-state index in [0.717, 1.165) is 31.5 Å². The van der Waals surface area contributed by atoms with E-state index in [4.69, 9.17) is 5.73 Å². The van der Waals surface area contributed by atoms with E-state index < -0.39 is 5.69 Å². The third-order valence-corrected chi connectivity index (χ3v) is 7.92. The number of imidazole rings is 1. The fraction of sp³-hybridized carbons (Fsp3) is 0.235. The number of rotatable bonds is 6. The molecule has 0 bridgehead atoms. The minimum absolute atomic E-state index is 0.112. The van der Waals surface area contributed by atoms with Gasteiger partial charge in [0, 0.05) is 24.5 Å². The molecule has 3 N–H and O–H groups in total. The summed E-state index contributed by atoms with van der Waals surface area (Å²) in [5.41, 5.74) is 9.29. The van der Waals surface area contributed by atoms with Gasteiger partial charge in [0.1, 0.15) is 17.7 Å². The maximum atomic E-state index is 14.0. The largest absolute Gasteiger partial charge is 0.382 e. The van der Waals surface area contributed by atoms with Crippen molar-refractivity contribution in [3.63, 3.8) is 0 Å². The highest BCUT2D eigenvalue weighted by molar-refractivity contribution is 6.05. The third-order valence-electron chi connectivity index (χ3n) is 7.92. The number of carbonyl (C=O) groups excluding carboxylic acids is 2. The number of carbonyl (C=O) groups is 2. The summed E-state index contributed by atoms with van der Waals surface area (Å²) >= 11 is 0. The van der Waals surface area contributed by atoms with E-state index in [-0.39, 0.29) is 23.3 Å². The van der Waals surface area contributed by atoms with Gasteiger partial charge < -0.3 is 16.0 Å². The van der Waals surface area contributed by atoms with Crippen LogP contribution in [-0.2, 0) is 4.79 Å². The zero-order valence-corrected chi connectivity index (χ0v) is 25.6. The number of benzene rings is 2. The summed E-state index contributed by atoms with van der Waals surface area (Å²) in [7, 11) is 1.65. The lowest BCUT2D eigenvalue weighted by molar-refractivity contribution is -0.113. The zero-order valence-electron chi connectivity index (χ0n) is 25.6. The van der Waals surface area contributed by atoms with Crippen molar-refractivity contribution in [1.29, 1.82) is 0 Å². The van der Waals surface area contributed by atoms with Crippen molar-refractivity contribution in [2.75, 3.05) is 42.6 Å². The van der Waals surface area contributed by atoms with Gasteiger partial charge in [0.15, 0.2) is 11.5 Å². The molecular formula is C34H33N9O3. The van der Waals surface area contributed by atoms with E-state index in [1.54, 1.807) is 67.8 Å². The minimum atomic E-state index is -0.448. The quantitative estimate of drug-likeness (QED) is 0.276. The molecule has 12 heteroatoms. The van der Waals surface area contributed by atoms with Crippen molar-refractivity contribution in [2.45, 2.75) is 26.2 Å². The Morgan fingerprint density at radius 1 is 0.957 bits per heavy atom. The summed E-state index contributed by atoms with van der Waals surface area (Å²) < 4.78 is 2.82. The number of hydrogen-bond donors (Lipinski definition) is 2. The molecule has 0 saturated carbocycles. The molecular weight excluding hydrogens is 582 g/mol. The van der Waals surface area contributed by atoms with E-state index in [1.165, 1.54) is 26.8 Å². The number of pyridine rings is 1. The fourth-order valence-electron chi connectivity index (χ4n) is 5.46. The van der Waals surface area contributed by atoms with E-state index in [1.807, 2.05) is 13.0 Å². The number of nitrogens with one attached hydrogen (secondary N) is 1. The van der Waals surface area contributed by atoms with E-state index in [0.29, 0.717) is 40.5 Å². The number of nitrogens with zero attached hydrogens (tertiary/aromatic N) is 7. The molecule has 4 heterocycles. The van der Waals surface area contributed by atoms with Crippen LogP contribution in [0.2, 0.25) is 0 Å². The first-order chi connectivity index (χ1) is 22.3. The monoisotopic (exact) mass is 615 g/mol. The molecule has 0 unspecified atom stereocenters. The van der Waals surface area contributed by atoms with Gasteiger partial charge in [-0.3, -0.25) is 19.1 Å². The lowest BCUT2D eigenvalue weighted by atomic mass is 10.1. The van der Waals surface area contributed by atoms with E-state index >= 15 is 0 Å². The SMILES string of the molecule is Cc1ccnc(NC(=O)c2ccc(-n3c(=O)n(-c4cccc(N(C)C(=O)C#CCN5CCCCC5)c4)c4ncnc(N)c43)cc2)c1. The molecule has 1 fully saturated rings. The highest BCUT2D eigenvalue weighted by Gasteiger charge is 2.21. The van der Waals surface area contributed by atoms with Crippen molar-refractivity contribution in [2.24, 2.45) is 0 Å². The number of amides is 2. The predicted molar refractivity (Wildman–Crippen MR) is 177 cm³/mol. The third kappa shape index (κ3) is 6.22. The number of likely N-dealkylation sites (tertiary alicyclic amines) is 1. The second-order valence-electron chi connectivity index (χ2n) is 11.1. The van der Waals surface area contributed by atoms with Crippen LogP contribution >= 0.6 is 0 Å². The summed E-state index contributed by atoms with van der Waals surface area (Å²) in [5, 5.41) is 2.78. The topological polar surface area (TPSA) is 144 Å². The van der Waals surface area contributed by atoms with Crippen LogP contribution in [0.3, 0.4) is 0 Å². The Kier molecular flexibility index (Phi) is 8.58. The highest BCUT2D eigenvalue weighted by atomic mass is 16.2. The molecule has 1 aliphatic rings. The van der Waals surface area contributed by atoms with Crippen molar-refractivity contribution in [1.82, 2.24) is 29.0 Å². The molecule has 0 aliphatic carbocycles. The normalized spacial score (nSPS) is 13.2. The summed E-state index contributed by atoms with van der Waals surface area (Å²) in [6.07, 6.45) is 6.47. The van der Waals surface area contributed by atoms with E-state index in [2.05, 4.69) is 37.0 Å². The molecule has 0 spiro atoms. The molecule has 5 aromatic rings. The van der Waals surface area contributed by atoms with Crippen molar-refractivity contribution in [3.8, 4) is 23.2 Å². The average molecular weight is 616 g/mol. The Hall–Kier alpha value is -5.80. The lowest BCUT2D eigenvalue weighted by Crippen LogP contribution is -2.30. The molecule has 0 radical (unpaired) electrons. The maximum Gasteiger partial charge on any atom is 0.339 e. The van der Waals surface area contributed by atoms with Gasteiger partial charge in [-0.1, -0.05) is 18.4 Å². The number of piperidine rings is 1. The van der Waals surface area contributed by atoms with Crippen LogP contribution in [0.1, 0.15) is 35.2 Å². The zero-order chi connectivity index (χ0) is 32.2. The molecule has 12 nitrogen and oxygen atoms in total. The second kappa shape index (κ2) is 13.1. The Labute approximate surface area is 265 Å². The number of aromatic nitrogens is 5. The van der Waals surface area contributed by atoms with Crippen LogP contribution in [0.5, 0.6) is 0 Å². The first-order valence-electron chi connectivity index (χ1n) is 15.0. The highest BCUT2D eigenvalue weighted by Crippen LogP contribution is 2.25. The summed E-state index contributed by atoms with van der Waals surface area (Å²) in [6, 6.07) is 17.2. The van der Waals surface area contributed by atoms with Gasteiger partial charge in [0.2, 0.25) is 0 Å². The van der Waals surface area contributed by atoms with Crippen LogP contribution in [0, 0.1) is 18.8 Å². The fourth-order valence-corrected chi connectivity index (χ4v) is 5.46. The van der Waals surface area contributed by atoms with Crippen LogP contribution in [0.15, 0.2) is 78.0 Å². The number of fused-ring (bicyclic) bond motifs is 1. The molecule has 1 aliphatic heterocycles. The second-order valence-corrected chi connectivity index (χ2v) is 11.1. The molecule has 46 heavy (non-hydrogen) atoms. The first kappa shape index (κ1) is 30.2. The predicted octanol–water partition coefficient (Wildman–Crippen LogP) is 3.56. The average Bonchev–Trinajstić information content (AvgIpc) is 3.37. The number of anilines is 3. The molecule has 6 rings (SSSR count). The van der Waals surface area contributed by atoms with Crippen molar-refractivity contribution in [3.05, 3.63) is 94.8 Å². The van der Waals surface area contributed by atoms with Gasteiger partial charge >= 0.3 is 11.6 Å². The summed E-state index contributed by atoms with van der Waals surface area (Å²) in [4.78, 5) is 56.2. The van der Waals surface area contributed by atoms with Crippen LogP contribution in [-0.4, -0.2) is 67.5 Å². The van der Waals surface area contributed by atoms with Crippen LogP contribution in [0.25, 0.3) is 22.5 Å². The number of aryl methyl sites for hydroxylation is 1. The van der Waals surface area contributed by atoms with Crippen molar-refractivity contribution < 1.29 is 9.59 Å². The van der Waals surface area contributed by atoms with Crippen LogP contribution < -0.4 is 21.6 Å². The smallest absolute Gasteiger partial charge is 0.339 e. The Bertz CT molecular complexity index is 2050. The van der Waals surface area contributed by atoms with Gasteiger partial charge in [-0.05, 0) is 98.9 Å². The standard InChI is InChI=1S/C34H33N9O3/c1-23-15-16-36-28(20-23)39-33(45)24-11-13-25(14-12-24)42-30-31(35)37-22-38-32(30)43(34(42)46)27-9-6-8-26(21-27)40(2)29(44)10-7-19-41-17-4-3-5-18-41/h6,8-9,11-16,20-22H,3-5,17-19H2,1-2H3,(H2,35,37,38)(H,36,39,45). The molecule has 1 saturated heterocycles. The van der Waals surface area contributed by atoms with Gasteiger partial charge in [0.25, 0.3) is 5.91 Å². The van der Waals surface area contributed by atoms with Gasteiger partial charge in [-0.15, -0.1) is 0 Å². The Morgan fingerprint density at radius 3 is 2.50 bits per heavy atom. The summed E-state index contributed by atoms with van der Waals surface area (Å²) in [6.45, 7) is 4.48. The lowest BCUT2D eigenvalue weighted by Gasteiger charge is -2.23. The Morgan fingerprint density at radius 2 is 1.74 bits per heavy atom. The molecule has 232 valence electrons. The van der Waals surface area contributed by atoms with Crippen molar-refractivity contribution >= 4 is 40.3 Å². The maximum absolute atomic E-state index is 14.0.